The predicted molar refractivity (Wildman–Crippen MR) is 89.4 cm³/mol. The SMILES string of the molecule is CC(C)CN1CCN(C(=O)C(C)Oc2cccc(Cl)c2)CC1. The number of hydrogen-bond donors (Lipinski definition) is 0. The third-order valence-corrected chi connectivity index (χ3v) is 4.00. The van der Waals surface area contributed by atoms with E-state index in [0.717, 1.165) is 32.7 Å². The molecule has 0 aliphatic carbocycles. The van der Waals surface area contributed by atoms with Crippen LogP contribution >= 0.6 is 11.6 Å². The van der Waals surface area contributed by atoms with Gasteiger partial charge in [-0.3, -0.25) is 9.69 Å². The Kier molecular flexibility index (Phi) is 6.09. The Hall–Kier alpha value is -1.26. The number of rotatable bonds is 5. The summed E-state index contributed by atoms with van der Waals surface area (Å²) in [4.78, 5) is 16.8. The van der Waals surface area contributed by atoms with E-state index in [1.54, 1.807) is 19.1 Å². The normalized spacial score (nSPS) is 17.6. The van der Waals surface area contributed by atoms with Gasteiger partial charge in [0.15, 0.2) is 6.10 Å². The summed E-state index contributed by atoms with van der Waals surface area (Å²) in [5.74, 6) is 1.34. The molecule has 22 heavy (non-hydrogen) atoms. The molecule has 0 saturated carbocycles. The van der Waals surface area contributed by atoms with Crippen LogP contribution in [0.15, 0.2) is 24.3 Å². The van der Waals surface area contributed by atoms with Crippen molar-refractivity contribution < 1.29 is 9.53 Å². The molecule has 1 heterocycles. The molecule has 0 spiro atoms. The highest BCUT2D eigenvalue weighted by Gasteiger charge is 2.26. The lowest BCUT2D eigenvalue weighted by molar-refractivity contribution is -0.139. The average Bonchev–Trinajstić information content (AvgIpc) is 2.46. The van der Waals surface area contributed by atoms with E-state index in [2.05, 4.69) is 18.7 Å². The molecule has 1 aliphatic rings. The van der Waals surface area contributed by atoms with E-state index < -0.39 is 6.10 Å². The highest BCUT2D eigenvalue weighted by atomic mass is 35.5. The standard InChI is InChI=1S/C17H25ClN2O2/c1-13(2)12-19-7-9-20(10-8-19)17(21)14(3)22-16-6-4-5-15(18)11-16/h4-6,11,13-14H,7-10,12H2,1-3H3. The Bertz CT molecular complexity index is 499. The Morgan fingerprint density at radius 1 is 1.23 bits per heavy atom. The number of hydrogen-bond acceptors (Lipinski definition) is 3. The maximum atomic E-state index is 12.5. The lowest BCUT2D eigenvalue weighted by atomic mass is 10.2. The number of amides is 1. The van der Waals surface area contributed by atoms with Crippen LogP contribution in [0.4, 0.5) is 0 Å². The topological polar surface area (TPSA) is 32.8 Å². The second-order valence-corrected chi connectivity index (χ2v) is 6.67. The van der Waals surface area contributed by atoms with Crippen molar-refractivity contribution in [3.8, 4) is 5.75 Å². The first-order valence-corrected chi connectivity index (χ1v) is 8.27. The van der Waals surface area contributed by atoms with Crippen LogP contribution in [-0.4, -0.2) is 54.5 Å². The van der Waals surface area contributed by atoms with Gasteiger partial charge in [0.05, 0.1) is 0 Å². The van der Waals surface area contributed by atoms with Crippen LogP contribution in [0.1, 0.15) is 20.8 Å². The number of benzene rings is 1. The molecular formula is C17H25ClN2O2. The van der Waals surface area contributed by atoms with Gasteiger partial charge in [0.1, 0.15) is 5.75 Å². The van der Waals surface area contributed by atoms with Crippen molar-refractivity contribution in [1.29, 1.82) is 0 Å². The number of halogens is 1. The molecular weight excluding hydrogens is 300 g/mol. The molecule has 1 aliphatic heterocycles. The highest BCUT2D eigenvalue weighted by Crippen LogP contribution is 2.19. The number of carbonyl (C=O) groups excluding carboxylic acids is 1. The molecule has 1 atom stereocenters. The monoisotopic (exact) mass is 324 g/mol. The molecule has 1 saturated heterocycles. The molecule has 0 aromatic heterocycles. The summed E-state index contributed by atoms with van der Waals surface area (Å²) in [6.07, 6.45) is -0.491. The van der Waals surface area contributed by atoms with E-state index in [4.69, 9.17) is 16.3 Å². The minimum Gasteiger partial charge on any atom is -0.481 e. The van der Waals surface area contributed by atoms with Crippen molar-refractivity contribution in [3.05, 3.63) is 29.3 Å². The first-order valence-electron chi connectivity index (χ1n) is 7.89. The van der Waals surface area contributed by atoms with Gasteiger partial charge in [-0.2, -0.15) is 0 Å². The zero-order valence-electron chi connectivity index (χ0n) is 13.6. The first-order chi connectivity index (χ1) is 10.5. The quantitative estimate of drug-likeness (QED) is 0.835. The molecule has 1 fully saturated rings. The molecule has 0 bridgehead atoms. The van der Waals surface area contributed by atoms with Crippen molar-refractivity contribution in [1.82, 2.24) is 9.80 Å². The van der Waals surface area contributed by atoms with Gasteiger partial charge in [0.2, 0.25) is 0 Å². The van der Waals surface area contributed by atoms with Crippen LogP contribution in [0.3, 0.4) is 0 Å². The minimum absolute atomic E-state index is 0.0455. The molecule has 1 aromatic carbocycles. The predicted octanol–water partition coefficient (Wildman–Crippen LogP) is 2.91. The van der Waals surface area contributed by atoms with Crippen molar-refractivity contribution in [3.63, 3.8) is 0 Å². The van der Waals surface area contributed by atoms with Gasteiger partial charge < -0.3 is 9.64 Å². The van der Waals surface area contributed by atoms with Crippen LogP contribution in [-0.2, 0) is 4.79 Å². The zero-order valence-corrected chi connectivity index (χ0v) is 14.3. The van der Waals surface area contributed by atoms with Crippen molar-refractivity contribution in [2.75, 3.05) is 32.7 Å². The number of ether oxygens (including phenoxy) is 1. The van der Waals surface area contributed by atoms with Gasteiger partial charge in [-0.15, -0.1) is 0 Å². The van der Waals surface area contributed by atoms with Crippen LogP contribution < -0.4 is 4.74 Å². The van der Waals surface area contributed by atoms with Gasteiger partial charge in [-0.25, -0.2) is 0 Å². The number of piperazine rings is 1. The Balaban J connectivity index is 1.84. The highest BCUT2D eigenvalue weighted by molar-refractivity contribution is 6.30. The van der Waals surface area contributed by atoms with Crippen molar-refractivity contribution >= 4 is 17.5 Å². The molecule has 1 amide bonds. The lowest BCUT2D eigenvalue weighted by Gasteiger charge is -2.36. The zero-order chi connectivity index (χ0) is 16.1. The molecule has 2 rings (SSSR count). The summed E-state index contributed by atoms with van der Waals surface area (Å²) in [5, 5.41) is 0.611. The summed E-state index contributed by atoms with van der Waals surface area (Å²) >= 11 is 5.93. The summed E-state index contributed by atoms with van der Waals surface area (Å²) in [7, 11) is 0. The second kappa shape index (κ2) is 7.84. The number of nitrogens with zero attached hydrogens (tertiary/aromatic N) is 2. The van der Waals surface area contributed by atoms with Gasteiger partial charge in [0.25, 0.3) is 5.91 Å². The summed E-state index contributed by atoms with van der Waals surface area (Å²) < 4.78 is 5.71. The van der Waals surface area contributed by atoms with E-state index in [1.165, 1.54) is 0 Å². The minimum atomic E-state index is -0.491. The molecule has 5 heteroatoms. The molecule has 0 N–H and O–H groups in total. The van der Waals surface area contributed by atoms with Crippen LogP contribution in [0.2, 0.25) is 5.02 Å². The maximum Gasteiger partial charge on any atom is 0.263 e. The fraction of sp³-hybridized carbons (Fsp3) is 0.588. The first kappa shape index (κ1) is 17.1. The smallest absolute Gasteiger partial charge is 0.263 e. The molecule has 1 aromatic rings. The van der Waals surface area contributed by atoms with Gasteiger partial charge in [-0.05, 0) is 31.0 Å². The molecule has 0 radical (unpaired) electrons. The fourth-order valence-electron chi connectivity index (χ4n) is 2.72. The summed E-state index contributed by atoms with van der Waals surface area (Å²) in [6.45, 7) is 10.8. The van der Waals surface area contributed by atoms with Gasteiger partial charge in [-0.1, -0.05) is 31.5 Å². The summed E-state index contributed by atoms with van der Waals surface area (Å²) in [5.41, 5.74) is 0. The molecule has 4 nitrogen and oxygen atoms in total. The van der Waals surface area contributed by atoms with Crippen LogP contribution in [0, 0.1) is 5.92 Å². The van der Waals surface area contributed by atoms with E-state index >= 15 is 0 Å². The summed E-state index contributed by atoms with van der Waals surface area (Å²) in [6, 6.07) is 7.15. The Labute approximate surface area is 138 Å². The van der Waals surface area contributed by atoms with Crippen molar-refractivity contribution in [2.45, 2.75) is 26.9 Å². The van der Waals surface area contributed by atoms with Crippen LogP contribution in [0.25, 0.3) is 0 Å². The van der Waals surface area contributed by atoms with E-state index in [1.807, 2.05) is 17.0 Å². The maximum absolute atomic E-state index is 12.5. The Morgan fingerprint density at radius 3 is 2.50 bits per heavy atom. The van der Waals surface area contributed by atoms with Gasteiger partial charge in [0, 0.05) is 37.7 Å². The lowest BCUT2D eigenvalue weighted by Crippen LogP contribution is -2.52. The average molecular weight is 325 g/mol. The third-order valence-electron chi connectivity index (χ3n) is 3.76. The van der Waals surface area contributed by atoms with Gasteiger partial charge >= 0.3 is 0 Å². The third kappa shape index (κ3) is 4.89. The Morgan fingerprint density at radius 2 is 1.91 bits per heavy atom. The molecule has 122 valence electrons. The number of carbonyl (C=O) groups is 1. The van der Waals surface area contributed by atoms with Crippen LogP contribution in [0.5, 0.6) is 5.75 Å². The second-order valence-electron chi connectivity index (χ2n) is 6.24. The largest absolute Gasteiger partial charge is 0.481 e. The fourth-order valence-corrected chi connectivity index (χ4v) is 2.90. The van der Waals surface area contributed by atoms with E-state index in [0.29, 0.717) is 16.7 Å². The van der Waals surface area contributed by atoms with E-state index in [-0.39, 0.29) is 5.91 Å². The van der Waals surface area contributed by atoms with E-state index in [9.17, 15) is 4.79 Å². The van der Waals surface area contributed by atoms with Crippen molar-refractivity contribution in [2.24, 2.45) is 5.92 Å². The molecule has 1 unspecified atom stereocenters.